The van der Waals surface area contributed by atoms with Gasteiger partial charge < -0.3 is 5.32 Å². The number of anilines is 1. The standard InChI is InChI=1S/C19H20BrFN2O/c20-16-5-9-18(10-6-16)22-19(24)15-2-1-11-23(13-15)12-14-3-7-17(21)8-4-14/h3-10,15H,1-2,11-13H2,(H,22,24). The number of carbonyl (C=O) groups is 1. The van der Waals surface area contributed by atoms with Gasteiger partial charge in [-0.1, -0.05) is 28.1 Å². The summed E-state index contributed by atoms with van der Waals surface area (Å²) in [6.45, 7) is 2.46. The molecule has 1 heterocycles. The number of hydrogen-bond donors (Lipinski definition) is 1. The molecule has 1 N–H and O–H groups in total. The van der Waals surface area contributed by atoms with E-state index in [1.165, 1.54) is 12.1 Å². The molecule has 1 saturated heterocycles. The first-order chi connectivity index (χ1) is 11.6. The zero-order valence-electron chi connectivity index (χ0n) is 13.3. The van der Waals surface area contributed by atoms with Gasteiger partial charge in [0, 0.05) is 23.2 Å². The molecule has 0 bridgehead atoms. The molecule has 1 atom stereocenters. The summed E-state index contributed by atoms with van der Waals surface area (Å²) < 4.78 is 14.0. The highest BCUT2D eigenvalue weighted by atomic mass is 79.9. The topological polar surface area (TPSA) is 32.3 Å². The van der Waals surface area contributed by atoms with E-state index < -0.39 is 0 Å². The molecule has 126 valence electrons. The minimum atomic E-state index is -0.218. The molecule has 0 radical (unpaired) electrons. The van der Waals surface area contributed by atoms with Crippen molar-refractivity contribution in [2.24, 2.45) is 5.92 Å². The fourth-order valence-corrected chi connectivity index (χ4v) is 3.30. The van der Waals surface area contributed by atoms with Gasteiger partial charge in [-0.15, -0.1) is 0 Å². The molecule has 1 aliphatic rings. The Morgan fingerprint density at radius 3 is 2.58 bits per heavy atom. The van der Waals surface area contributed by atoms with E-state index in [2.05, 4.69) is 26.1 Å². The lowest BCUT2D eigenvalue weighted by molar-refractivity contribution is -0.121. The second-order valence-corrected chi connectivity index (χ2v) is 7.11. The lowest BCUT2D eigenvalue weighted by Crippen LogP contribution is -2.40. The number of likely N-dealkylation sites (tertiary alicyclic amines) is 1. The third kappa shape index (κ3) is 4.65. The van der Waals surface area contributed by atoms with Crippen LogP contribution in [0, 0.1) is 11.7 Å². The van der Waals surface area contributed by atoms with Gasteiger partial charge in [0.1, 0.15) is 5.82 Å². The third-order valence-electron chi connectivity index (χ3n) is 4.31. The van der Waals surface area contributed by atoms with Crippen LogP contribution in [0.3, 0.4) is 0 Å². The predicted octanol–water partition coefficient (Wildman–Crippen LogP) is 4.44. The molecular weight excluding hydrogens is 371 g/mol. The number of hydrogen-bond acceptors (Lipinski definition) is 2. The second-order valence-electron chi connectivity index (χ2n) is 6.20. The number of piperidine rings is 1. The van der Waals surface area contributed by atoms with E-state index in [1.54, 1.807) is 12.1 Å². The molecule has 3 rings (SSSR count). The van der Waals surface area contributed by atoms with Crippen LogP contribution in [0.1, 0.15) is 18.4 Å². The summed E-state index contributed by atoms with van der Waals surface area (Å²) in [5.41, 5.74) is 1.89. The van der Waals surface area contributed by atoms with Gasteiger partial charge >= 0.3 is 0 Å². The normalized spacial score (nSPS) is 18.3. The van der Waals surface area contributed by atoms with Crippen molar-refractivity contribution in [3.63, 3.8) is 0 Å². The summed E-state index contributed by atoms with van der Waals surface area (Å²) in [4.78, 5) is 14.8. The van der Waals surface area contributed by atoms with Gasteiger partial charge in [-0.25, -0.2) is 4.39 Å². The Hall–Kier alpha value is -1.72. The van der Waals surface area contributed by atoms with Crippen molar-refractivity contribution in [1.82, 2.24) is 4.90 Å². The molecule has 2 aromatic carbocycles. The maximum absolute atomic E-state index is 13.0. The second kappa shape index (κ2) is 7.90. The van der Waals surface area contributed by atoms with E-state index in [1.807, 2.05) is 24.3 Å². The van der Waals surface area contributed by atoms with Crippen LogP contribution in [0.5, 0.6) is 0 Å². The average Bonchev–Trinajstić information content (AvgIpc) is 2.59. The van der Waals surface area contributed by atoms with E-state index in [0.29, 0.717) is 0 Å². The molecule has 0 aromatic heterocycles. The molecule has 0 spiro atoms. The number of carbonyl (C=O) groups excluding carboxylic acids is 1. The van der Waals surface area contributed by atoms with Crippen molar-refractivity contribution in [1.29, 1.82) is 0 Å². The maximum Gasteiger partial charge on any atom is 0.228 e. The van der Waals surface area contributed by atoms with Crippen LogP contribution in [-0.2, 0) is 11.3 Å². The minimum absolute atomic E-state index is 0.0113. The summed E-state index contributed by atoms with van der Waals surface area (Å²) in [6.07, 6.45) is 1.90. The zero-order chi connectivity index (χ0) is 16.9. The van der Waals surface area contributed by atoms with E-state index in [-0.39, 0.29) is 17.6 Å². The summed E-state index contributed by atoms with van der Waals surface area (Å²) >= 11 is 3.39. The van der Waals surface area contributed by atoms with Gasteiger partial charge in [-0.2, -0.15) is 0 Å². The van der Waals surface area contributed by atoms with Crippen molar-refractivity contribution in [3.8, 4) is 0 Å². The molecule has 1 fully saturated rings. The van der Waals surface area contributed by atoms with Crippen LogP contribution in [-0.4, -0.2) is 23.9 Å². The highest BCUT2D eigenvalue weighted by Gasteiger charge is 2.25. The monoisotopic (exact) mass is 390 g/mol. The third-order valence-corrected chi connectivity index (χ3v) is 4.84. The first kappa shape index (κ1) is 17.1. The van der Waals surface area contributed by atoms with Crippen LogP contribution in [0.15, 0.2) is 53.0 Å². The molecule has 3 nitrogen and oxygen atoms in total. The summed E-state index contributed by atoms with van der Waals surface area (Å²) in [6, 6.07) is 14.2. The lowest BCUT2D eigenvalue weighted by atomic mass is 9.96. The number of rotatable bonds is 4. The highest BCUT2D eigenvalue weighted by molar-refractivity contribution is 9.10. The molecule has 24 heavy (non-hydrogen) atoms. The lowest BCUT2D eigenvalue weighted by Gasteiger charge is -2.32. The van der Waals surface area contributed by atoms with Gasteiger partial charge in [0.25, 0.3) is 0 Å². The fourth-order valence-electron chi connectivity index (χ4n) is 3.04. The van der Waals surface area contributed by atoms with Crippen LogP contribution in [0.25, 0.3) is 0 Å². The van der Waals surface area contributed by atoms with Gasteiger partial charge in [-0.3, -0.25) is 9.69 Å². The van der Waals surface area contributed by atoms with E-state index >= 15 is 0 Å². The van der Waals surface area contributed by atoms with Gasteiger partial charge in [-0.05, 0) is 61.3 Å². The highest BCUT2D eigenvalue weighted by Crippen LogP contribution is 2.21. The molecular formula is C19H20BrFN2O. The van der Waals surface area contributed by atoms with Crippen molar-refractivity contribution >= 4 is 27.5 Å². The number of benzene rings is 2. The Labute approximate surface area is 150 Å². The van der Waals surface area contributed by atoms with Crippen molar-refractivity contribution in [3.05, 3.63) is 64.4 Å². The maximum atomic E-state index is 13.0. The molecule has 2 aromatic rings. The van der Waals surface area contributed by atoms with Crippen molar-refractivity contribution < 1.29 is 9.18 Å². The Bertz CT molecular complexity index is 688. The number of halogens is 2. The van der Waals surface area contributed by atoms with Crippen LogP contribution >= 0.6 is 15.9 Å². The minimum Gasteiger partial charge on any atom is -0.326 e. The van der Waals surface area contributed by atoms with E-state index in [0.717, 1.165) is 48.2 Å². The number of nitrogens with zero attached hydrogens (tertiary/aromatic N) is 1. The fraction of sp³-hybridized carbons (Fsp3) is 0.316. The number of nitrogens with one attached hydrogen (secondary N) is 1. The predicted molar refractivity (Wildman–Crippen MR) is 97.2 cm³/mol. The van der Waals surface area contributed by atoms with Crippen molar-refractivity contribution in [2.75, 3.05) is 18.4 Å². The summed E-state index contributed by atoms with van der Waals surface area (Å²) in [5, 5.41) is 2.99. The van der Waals surface area contributed by atoms with E-state index in [9.17, 15) is 9.18 Å². The number of amides is 1. The van der Waals surface area contributed by atoms with Crippen LogP contribution in [0.4, 0.5) is 10.1 Å². The van der Waals surface area contributed by atoms with Crippen LogP contribution < -0.4 is 5.32 Å². The Morgan fingerprint density at radius 1 is 1.17 bits per heavy atom. The SMILES string of the molecule is O=C(Nc1ccc(Br)cc1)C1CCCN(Cc2ccc(F)cc2)C1. The molecule has 1 aliphatic heterocycles. The molecule has 5 heteroatoms. The Kier molecular flexibility index (Phi) is 5.63. The smallest absolute Gasteiger partial charge is 0.228 e. The summed E-state index contributed by atoms with van der Waals surface area (Å²) in [7, 11) is 0. The largest absolute Gasteiger partial charge is 0.326 e. The zero-order valence-corrected chi connectivity index (χ0v) is 14.9. The van der Waals surface area contributed by atoms with Crippen molar-refractivity contribution in [2.45, 2.75) is 19.4 Å². The van der Waals surface area contributed by atoms with Gasteiger partial charge in [0.2, 0.25) is 5.91 Å². The average molecular weight is 391 g/mol. The molecule has 0 aliphatic carbocycles. The van der Waals surface area contributed by atoms with E-state index in [4.69, 9.17) is 0 Å². The molecule has 1 amide bonds. The van der Waals surface area contributed by atoms with Gasteiger partial charge in [0.05, 0.1) is 5.92 Å². The quantitative estimate of drug-likeness (QED) is 0.836. The van der Waals surface area contributed by atoms with Gasteiger partial charge in [0.15, 0.2) is 0 Å². The first-order valence-electron chi connectivity index (χ1n) is 8.13. The Morgan fingerprint density at radius 2 is 1.88 bits per heavy atom. The summed E-state index contributed by atoms with van der Waals surface area (Å²) in [5.74, 6) is -0.159. The molecule has 0 saturated carbocycles. The first-order valence-corrected chi connectivity index (χ1v) is 8.93. The van der Waals surface area contributed by atoms with Crippen LogP contribution in [0.2, 0.25) is 0 Å². The molecule has 1 unspecified atom stereocenters. The Balaban J connectivity index is 1.57.